The highest BCUT2D eigenvalue weighted by molar-refractivity contribution is 5.39. The maximum Gasteiger partial charge on any atom is 0.191 e. The highest BCUT2D eigenvalue weighted by Gasteiger charge is 2.53. The van der Waals surface area contributed by atoms with Crippen LogP contribution in [0.15, 0.2) is 24.3 Å². The summed E-state index contributed by atoms with van der Waals surface area (Å²) in [6.07, 6.45) is -2.49. The molecule has 21 heavy (non-hydrogen) atoms. The van der Waals surface area contributed by atoms with E-state index in [0.29, 0.717) is 0 Å². The fourth-order valence-corrected chi connectivity index (χ4v) is 2.44. The Balaban J connectivity index is 1.69. The van der Waals surface area contributed by atoms with E-state index >= 15 is 0 Å². The number of hydrogen-bond donors (Lipinski definition) is 1. The van der Waals surface area contributed by atoms with Gasteiger partial charge >= 0.3 is 0 Å². The lowest BCUT2D eigenvalue weighted by molar-refractivity contribution is -0.208. The molecule has 0 aliphatic carbocycles. The first-order valence-electron chi connectivity index (χ1n) is 6.83. The summed E-state index contributed by atoms with van der Waals surface area (Å²) in [5.74, 6) is 5.94. The van der Waals surface area contributed by atoms with E-state index in [0.717, 1.165) is 11.3 Å². The van der Waals surface area contributed by atoms with Crippen molar-refractivity contribution in [3.05, 3.63) is 29.8 Å². The molecule has 5 heteroatoms. The molecule has 5 nitrogen and oxygen atoms in total. The van der Waals surface area contributed by atoms with Gasteiger partial charge in [-0.25, -0.2) is 0 Å². The van der Waals surface area contributed by atoms with Gasteiger partial charge in [-0.05, 0) is 38.1 Å². The van der Waals surface area contributed by atoms with Gasteiger partial charge in [0.2, 0.25) is 0 Å². The Bertz CT molecular complexity index is 569. The molecule has 2 heterocycles. The van der Waals surface area contributed by atoms with Crippen molar-refractivity contribution in [3.8, 4) is 17.6 Å². The fraction of sp³-hybridized carbons (Fsp3) is 0.500. The van der Waals surface area contributed by atoms with E-state index in [1.807, 2.05) is 24.3 Å². The van der Waals surface area contributed by atoms with E-state index in [-0.39, 0.29) is 0 Å². The van der Waals surface area contributed by atoms with Crippen LogP contribution in [0.25, 0.3) is 0 Å². The summed E-state index contributed by atoms with van der Waals surface area (Å²) >= 11 is 0. The SMILES string of the molecule is COc1ccc(C#C[C@H]2O[C@@H]3OC(C)(C)O[C@@H]3[C@H]2O)cc1. The molecule has 0 saturated carbocycles. The van der Waals surface area contributed by atoms with Gasteiger partial charge in [0.25, 0.3) is 0 Å². The molecule has 1 aromatic rings. The molecule has 0 amide bonds. The van der Waals surface area contributed by atoms with Crippen LogP contribution < -0.4 is 4.74 Å². The topological polar surface area (TPSA) is 57.2 Å². The quantitative estimate of drug-likeness (QED) is 0.790. The Morgan fingerprint density at radius 1 is 1.19 bits per heavy atom. The number of aliphatic hydroxyl groups excluding tert-OH is 1. The Morgan fingerprint density at radius 2 is 1.90 bits per heavy atom. The Morgan fingerprint density at radius 3 is 2.52 bits per heavy atom. The summed E-state index contributed by atoms with van der Waals surface area (Å²) in [7, 11) is 1.61. The summed E-state index contributed by atoms with van der Waals surface area (Å²) in [5, 5.41) is 10.2. The van der Waals surface area contributed by atoms with Crippen LogP contribution in [0.2, 0.25) is 0 Å². The van der Waals surface area contributed by atoms with Crippen molar-refractivity contribution in [2.24, 2.45) is 0 Å². The average molecular weight is 290 g/mol. The Labute approximate surface area is 123 Å². The smallest absolute Gasteiger partial charge is 0.191 e. The van der Waals surface area contributed by atoms with Gasteiger partial charge in [0, 0.05) is 5.56 Å². The molecule has 0 bridgehead atoms. The first-order chi connectivity index (χ1) is 9.98. The van der Waals surface area contributed by atoms with Crippen LogP contribution in [0.1, 0.15) is 19.4 Å². The molecular weight excluding hydrogens is 272 g/mol. The van der Waals surface area contributed by atoms with Gasteiger partial charge in [-0.2, -0.15) is 0 Å². The maximum atomic E-state index is 10.2. The first-order valence-corrected chi connectivity index (χ1v) is 6.83. The summed E-state index contributed by atoms with van der Waals surface area (Å²) in [4.78, 5) is 0. The Kier molecular flexibility index (Phi) is 3.64. The molecule has 0 radical (unpaired) electrons. The van der Waals surface area contributed by atoms with Crippen molar-refractivity contribution in [1.82, 2.24) is 0 Å². The summed E-state index contributed by atoms with van der Waals surface area (Å²) in [6.45, 7) is 3.58. The van der Waals surface area contributed by atoms with E-state index in [4.69, 9.17) is 18.9 Å². The number of aliphatic hydroxyl groups is 1. The summed E-state index contributed by atoms with van der Waals surface area (Å²) in [6, 6.07) is 7.37. The summed E-state index contributed by atoms with van der Waals surface area (Å²) < 4.78 is 21.9. The fourth-order valence-electron chi connectivity index (χ4n) is 2.44. The van der Waals surface area contributed by atoms with Crippen molar-refractivity contribution in [2.75, 3.05) is 7.11 Å². The minimum atomic E-state index is -0.817. The van der Waals surface area contributed by atoms with Gasteiger partial charge < -0.3 is 24.1 Å². The molecule has 2 fully saturated rings. The predicted octanol–water partition coefficient (Wildman–Crippen LogP) is 1.28. The number of rotatable bonds is 1. The Hall–Kier alpha value is -1.58. The minimum Gasteiger partial charge on any atom is -0.497 e. The highest BCUT2D eigenvalue weighted by Crippen LogP contribution is 2.37. The van der Waals surface area contributed by atoms with E-state index in [1.165, 1.54) is 0 Å². The van der Waals surface area contributed by atoms with Gasteiger partial charge in [-0.15, -0.1) is 0 Å². The molecule has 1 N–H and O–H groups in total. The van der Waals surface area contributed by atoms with Gasteiger partial charge in [0.15, 0.2) is 12.1 Å². The first kappa shape index (κ1) is 14.4. The lowest BCUT2D eigenvalue weighted by atomic mass is 10.1. The standard InChI is InChI=1S/C16H18O5/c1-16(2)20-14-13(17)12(19-15(14)21-16)9-6-10-4-7-11(18-3)8-5-10/h4-5,7-8,12-15,17H,1-3H3/t12-,13+,14-,15-/m1/s1. The van der Waals surface area contributed by atoms with Crippen molar-refractivity contribution < 1.29 is 24.1 Å². The van der Waals surface area contributed by atoms with Gasteiger partial charge in [0.1, 0.15) is 24.1 Å². The number of fused-ring (bicyclic) bond motifs is 1. The summed E-state index contributed by atoms with van der Waals surface area (Å²) in [5.41, 5.74) is 0.825. The molecule has 112 valence electrons. The molecule has 2 aliphatic rings. The van der Waals surface area contributed by atoms with Gasteiger partial charge in [-0.1, -0.05) is 11.8 Å². The third-order valence-electron chi connectivity index (χ3n) is 3.46. The van der Waals surface area contributed by atoms with Crippen molar-refractivity contribution >= 4 is 0 Å². The molecule has 0 unspecified atom stereocenters. The molecule has 2 saturated heterocycles. The molecular formula is C16H18O5. The predicted molar refractivity (Wildman–Crippen MR) is 74.6 cm³/mol. The third-order valence-corrected chi connectivity index (χ3v) is 3.46. The number of benzene rings is 1. The monoisotopic (exact) mass is 290 g/mol. The van der Waals surface area contributed by atoms with Crippen molar-refractivity contribution in [2.45, 2.75) is 44.2 Å². The van der Waals surface area contributed by atoms with Crippen LogP contribution in [-0.2, 0) is 14.2 Å². The maximum absolute atomic E-state index is 10.2. The third kappa shape index (κ3) is 2.89. The van der Waals surface area contributed by atoms with E-state index < -0.39 is 30.4 Å². The molecule has 0 aromatic heterocycles. The van der Waals surface area contributed by atoms with Crippen LogP contribution in [0.5, 0.6) is 5.75 Å². The van der Waals surface area contributed by atoms with Crippen molar-refractivity contribution in [1.29, 1.82) is 0 Å². The molecule has 4 atom stereocenters. The zero-order valence-corrected chi connectivity index (χ0v) is 12.2. The van der Waals surface area contributed by atoms with Crippen LogP contribution in [0, 0.1) is 11.8 Å². The highest BCUT2D eigenvalue weighted by atomic mass is 16.8. The normalized spacial score (nSPS) is 33.1. The second-order valence-corrected chi connectivity index (χ2v) is 5.51. The molecule has 2 aliphatic heterocycles. The minimum absolute atomic E-state index is 0.491. The zero-order chi connectivity index (χ0) is 15.0. The lowest BCUT2D eigenvalue weighted by Crippen LogP contribution is -2.33. The largest absolute Gasteiger partial charge is 0.497 e. The average Bonchev–Trinajstić information content (AvgIpc) is 2.91. The van der Waals surface area contributed by atoms with Crippen LogP contribution in [0.3, 0.4) is 0 Å². The van der Waals surface area contributed by atoms with E-state index in [1.54, 1.807) is 21.0 Å². The zero-order valence-electron chi connectivity index (χ0n) is 12.2. The lowest BCUT2D eigenvalue weighted by Gasteiger charge is -2.20. The van der Waals surface area contributed by atoms with Gasteiger partial charge in [0.05, 0.1) is 7.11 Å². The van der Waals surface area contributed by atoms with E-state index in [2.05, 4.69) is 11.8 Å². The van der Waals surface area contributed by atoms with Gasteiger partial charge in [-0.3, -0.25) is 0 Å². The molecule has 1 aromatic carbocycles. The van der Waals surface area contributed by atoms with E-state index in [9.17, 15) is 5.11 Å². The second-order valence-electron chi connectivity index (χ2n) is 5.51. The molecule has 0 spiro atoms. The van der Waals surface area contributed by atoms with Crippen LogP contribution in [-0.4, -0.2) is 42.6 Å². The van der Waals surface area contributed by atoms with Crippen LogP contribution >= 0.6 is 0 Å². The van der Waals surface area contributed by atoms with Crippen LogP contribution in [0.4, 0.5) is 0 Å². The second kappa shape index (κ2) is 5.32. The van der Waals surface area contributed by atoms with Crippen molar-refractivity contribution in [3.63, 3.8) is 0 Å². The molecule has 3 rings (SSSR count). The number of ether oxygens (including phenoxy) is 4. The number of hydrogen-bond acceptors (Lipinski definition) is 5. The number of methoxy groups -OCH3 is 1.